The van der Waals surface area contributed by atoms with Crippen LogP contribution in [0.1, 0.15) is 10.5 Å². The summed E-state index contributed by atoms with van der Waals surface area (Å²) in [4.78, 5) is 31.6. The minimum atomic E-state index is -1.14. The van der Waals surface area contributed by atoms with Crippen molar-refractivity contribution in [1.82, 2.24) is 14.5 Å². The maximum Gasteiger partial charge on any atom is 0.354 e. The number of carboxylic acids is 1. The molecule has 0 aliphatic carbocycles. The number of rotatable bonds is 2. The van der Waals surface area contributed by atoms with Crippen LogP contribution in [0.4, 0.5) is 0 Å². The SMILES string of the molecule is Cn1c(-c2ccnc(C(=O)O)c2)nc2cc(Cl)ccc2c1=O. The van der Waals surface area contributed by atoms with Gasteiger partial charge in [-0.1, -0.05) is 11.6 Å². The number of carboxylic acid groups (broad SMARTS) is 1. The fraction of sp³-hybridized carbons (Fsp3) is 0.0667. The van der Waals surface area contributed by atoms with Crippen LogP contribution >= 0.6 is 11.6 Å². The van der Waals surface area contributed by atoms with Crippen LogP contribution in [0.25, 0.3) is 22.3 Å². The van der Waals surface area contributed by atoms with Gasteiger partial charge in [0.2, 0.25) is 0 Å². The summed E-state index contributed by atoms with van der Waals surface area (Å²) in [6, 6.07) is 7.82. The molecule has 6 nitrogen and oxygen atoms in total. The third-order valence-electron chi connectivity index (χ3n) is 3.28. The number of hydrogen-bond donors (Lipinski definition) is 1. The zero-order valence-corrected chi connectivity index (χ0v) is 12.2. The van der Waals surface area contributed by atoms with Gasteiger partial charge in [-0.3, -0.25) is 9.36 Å². The molecule has 0 saturated carbocycles. The fourth-order valence-corrected chi connectivity index (χ4v) is 2.36. The van der Waals surface area contributed by atoms with E-state index in [9.17, 15) is 9.59 Å². The number of hydrogen-bond acceptors (Lipinski definition) is 4. The highest BCUT2D eigenvalue weighted by atomic mass is 35.5. The summed E-state index contributed by atoms with van der Waals surface area (Å²) < 4.78 is 1.37. The smallest absolute Gasteiger partial charge is 0.354 e. The van der Waals surface area contributed by atoms with E-state index in [1.165, 1.54) is 16.8 Å². The quantitative estimate of drug-likeness (QED) is 0.784. The molecule has 7 heteroatoms. The molecule has 0 radical (unpaired) electrons. The van der Waals surface area contributed by atoms with Gasteiger partial charge in [-0.2, -0.15) is 0 Å². The number of pyridine rings is 1. The van der Waals surface area contributed by atoms with E-state index in [1.807, 2.05) is 0 Å². The molecule has 0 aliphatic rings. The van der Waals surface area contributed by atoms with Gasteiger partial charge in [0.25, 0.3) is 5.56 Å². The minimum Gasteiger partial charge on any atom is -0.477 e. The second-order valence-corrected chi connectivity index (χ2v) is 5.13. The molecular weight excluding hydrogens is 306 g/mol. The van der Waals surface area contributed by atoms with Gasteiger partial charge in [0.1, 0.15) is 11.5 Å². The van der Waals surface area contributed by atoms with Crippen molar-refractivity contribution >= 4 is 28.5 Å². The van der Waals surface area contributed by atoms with Gasteiger partial charge in [0, 0.05) is 23.8 Å². The molecular formula is C15H10ClN3O3. The highest BCUT2D eigenvalue weighted by Crippen LogP contribution is 2.20. The van der Waals surface area contributed by atoms with E-state index < -0.39 is 5.97 Å². The van der Waals surface area contributed by atoms with Gasteiger partial charge < -0.3 is 5.11 Å². The van der Waals surface area contributed by atoms with Crippen molar-refractivity contribution in [1.29, 1.82) is 0 Å². The second-order valence-electron chi connectivity index (χ2n) is 4.70. The Hall–Kier alpha value is -2.73. The topological polar surface area (TPSA) is 85.1 Å². The van der Waals surface area contributed by atoms with Crippen molar-refractivity contribution in [3.05, 3.63) is 57.6 Å². The average molecular weight is 316 g/mol. The Morgan fingerprint density at radius 1 is 1.27 bits per heavy atom. The zero-order valence-electron chi connectivity index (χ0n) is 11.4. The van der Waals surface area contributed by atoms with Crippen molar-refractivity contribution in [2.24, 2.45) is 7.05 Å². The number of benzene rings is 1. The predicted octanol–water partition coefficient (Wildman–Crippen LogP) is 2.35. The van der Waals surface area contributed by atoms with Crippen LogP contribution in [0.2, 0.25) is 5.02 Å². The molecule has 0 saturated heterocycles. The van der Waals surface area contributed by atoms with Crippen molar-refractivity contribution < 1.29 is 9.90 Å². The Kier molecular flexibility index (Phi) is 3.38. The number of aromatic nitrogens is 3. The molecule has 0 fully saturated rings. The van der Waals surface area contributed by atoms with Crippen LogP contribution in [0, 0.1) is 0 Å². The molecule has 3 aromatic rings. The number of nitrogens with zero attached hydrogens (tertiary/aromatic N) is 3. The third-order valence-corrected chi connectivity index (χ3v) is 3.51. The Morgan fingerprint density at radius 2 is 2.05 bits per heavy atom. The average Bonchev–Trinajstić information content (AvgIpc) is 2.50. The Morgan fingerprint density at radius 3 is 2.77 bits per heavy atom. The summed E-state index contributed by atoms with van der Waals surface area (Å²) in [5, 5.41) is 9.94. The van der Waals surface area contributed by atoms with E-state index in [0.717, 1.165) is 0 Å². The van der Waals surface area contributed by atoms with Crippen molar-refractivity contribution in [3.8, 4) is 11.4 Å². The summed E-state index contributed by atoms with van der Waals surface area (Å²) >= 11 is 5.94. The minimum absolute atomic E-state index is 0.113. The van der Waals surface area contributed by atoms with Crippen LogP contribution in [-0.2, 0) is 7.05 Å². The molecule has 0 unspecified atom stereocenters. The van der Waals surface area contributed by atoms with Crippen LogP contribution in [0.5, 0.6) is 0 Å². The molecule has 0 atom stereocenters. The van der Waals surface area contributed by atoms with E-state index in [4.69, 9.17) is 16.7 Å². The molecule has 110 valence electrons. The summed E-state index contributed by atoms with van der Waals surface area (Å²) in [5.74, 6) is -0.791. The molecule has 0 spiro atoms. The van der Waals surface area contributed by atoms with E-state index in [1.54, 1.807) is 31.3 Å². The first-order chi connectivity index (χ1) is 10.5. The Balaban J connectivity index is 2.31. The number of aromatic carboxylic acids is 1. The normalized spacial score (nSPS) is 10.8. The van der Waals surface area contributed by atoms with Crippen molar-refractivity contribution in [3.63, 3.8) is 0 Å². The van der Waals surface area contributed by atoms with E-state index in [2.05, 4.69) is 9.97 Å². The summed E-state index contributed by atoms with van der Waals surface area (Å²) in [6.45, 7) is 0. The van der Waals surface area contributed by atoms with Gasteiger partial charge in [0.05, 0.1) is 10.9 Å². The predicted molar refractivity (Wildman–Crippen MR) is 82.2 cm³/mol. The first kappa shape index (κ1) is 14.2. The molecule has 3 rings (SSSR count). The molecule has 1 aromatic carbocycles. The van der Waals surface area contributed by atoms with Crippen LogP contribution in [0.15, 0.2) is 41.3 Å². The summed E-state index contributed by atoms with van der Waals surface area (Å²) in [7, 11) is 1.58. The van der Waals surface area contributed by atoms with Crippen molar-refractivity contribution in [2.75, 3.05) is 0 Å². The van der Waals surface area contributed by atoms with Crippen LogP contribution < -0.4 is 5.56 Å². The molecule has 0 bridgehead atoms. The maximum atomic E-state index is 12.4. The van der Waals surface area contributed by atoms with Gasteiger partial charge in [-0.15, -0.1) is 0 Å². The van der Waals surface area contributed by atoms with E-state index in [-0.39, 0.29) is 11.3 Å². The van der Waals surface area contributed by atoms with E-state index in [0.29, 0.717) is 27.3 Å². The lowest BCUT2D eigenvalue weighted by atomic mass is 10.2. The maximum absolute atomic E-state index is 12.4. The fourth-order valence-electron chi connectivity index (χ4n) is 2.19. The molecule has 2 heterocycles. The van der Waals surface area contributed by atoms with Crippen LogP contribution in [-0.4, -0.2) is 25.6 Å². The molecule has 0 amide bonds. The first-order valence-corrected chi connectivity index (χ1v) is 6.71. The Bertz CT molecular complexity index is 966. The van der Waals surface area contributed by atoms with Gasteiger partial charge in [0.15, 0.2) is 0 Å². The third kappa shape index (κ3) is 2.33. The van der Waals surface area contributed by atoms with Gasteiger partial charge in [-0.25, -0.2) is 14.8 Å². The molecule has 0 aliphatic heterocycles. The first-order valence-electron chi connectivity index (χ1n) is 6.33. The lowest BCUT2D eigenvalue weighted by Crippen LogP contribution is -2.20. The van der Waals surface area contributed by atoms with Crippen molar-refractivity contribution in [2.45, 2.75) is 0 Å². The largest absolute Gasteiger partial charge is 0.477 e. The lowest BCUT2D eigenvalue weighted by Gasteiger charge is -2.09. The molecule has 22 heavy (non-hydrogen) atoms. The van der Waals surface area contributed by atoms with Gasteiger partial charge >= 0.3 is 5.97 Å². The highest BCUT2D eigenvalue weighted by molar-refractivity contribution is 6.31. The summed E-state index contributed by atoms with van der Waals surface area (Å²) in [5.41, 5.74) is 0.608. The van der Waals surface area contributed by atoms with E-state index >= 15 is 0 Å². The second kappa shape index (κ2) is 5.23. The standard InChI is InChI=1S/C15H10ClN3O3/c1-19-13(8-4-5-17-12(6-8)15(21)22)18-11-7-9(16)2-3-10(11)14(19)20/h2-7H,1H3,(H,21,22). The zero-order chi connectivity index (χ0) is 15.9. The lowest BCUT2D eigenvalue weighted by molar-refractivity contribution is 0.0690. The molecule has 2 aromatic heterocycles. The number of fused-ring (bicyclic) bond motifs is 1. The number of halogens is 1. The van der Waals surface area contributed by atoms with Gasteiger partial charge in [-0.05, 0) is 30.3 Å². The molecule has 1 N–H and O–H groups in total. The number of carbonyl (C=O) groups is 1. The Labute approximate surface area is 129 Å². The monoisotopic (exact) mass is 315 g/mol. The van der Waals surface area contributed by atoms with Crippen LogP contribution in [0.3, 0.4) is 0 Å². The highest BCUT2D eigenvalue weighted by Gasteiger charge is 2.13. The summed E-state index contributed by atoms with van der Waals surface area (Å²) in [6.07, 6.45) is 1.37.